The van der Waals surface area contributed by atoms with Gasteiger partial charge in [0.05, 0.1) is 5.57 Å². The molecule has 0 amide bonds. The van der Waals surface area contributed by atoms with Gasteiger partial charge in [-0.3, -0.25) is 0 Å². The van der Waals surface area contributed by atoms with Gasteiger partial charge in [0.25, 0.3) is 0 Å². The zero-order valence-electron chi connectivity index (χ0n) is 7.79. The Balaban J connectivity index is 2.31. The lowest BCUT2D eigenvalue weighted by Gasteiger charge is -2.28. The van der Waals surface area contributed by atoms with E-state index in [1.807, 2.05) is 0 Å². The normalized spacial score (nSPS) is 26.4. The maximum absolute atomic E-state index is 10.9. The molecule has 2 aliphatic rings. The van der Waals surface area contributed by atoms with Gasteiger partial charge in [0, 0.05) is 5.70 Å². The Kier molecular flexibility index (Phi) is 2.54. The van der Waals surface area contributed by atoms with Gasteiger partial charge in [-0.05, 0) is 37.3 Å². The van der Waals surface area contributed by atoms with Crippen molar-refractivity contribution in [3.8, 4) is 0 Å². The molecule has 2 N–H and O–H groups in total. The lowest BCUT2D eigenvalue weighted by molar-refractivity contribution is -0.132. The second-order valence-electron chi connectivity index (χ2n) is 3.66. The van der Waals surface area contributed by atoms with E-state index in [1.54, 1.807) is 6.08 Å². The SMILES string of the molecule is O=C(O)C1=CC2=C(CCCC2)N[C@@H]1S. The van der Waals surface area contributed by atoms with Crippen LogP contribution in [-0.2, 0) is 4.79 Å². The Hall–Kier alpha value is -0.900. The van der Waals surface area contributed by atoms with E-state index in [4.69, 9.17) is 5.11 Å². The summed E-state index contributed by atoms with van der Waals surface area (Å²) < 4.78 is 0. The standard InChI is InChI=1S/C10H13NO2S/c12-10(13)7-5-6-3-1-2-4-8(6)11-9(7)14/h5,9,11,14H,1-4H2,(H,12,13)/t9-/m1/s1. The largest absolute Gasteiger partial charge is 0.478 e. The molecule has 0 saturated heterocycles. The van der Waals surface area contributed by atoms with Crippen molar-refractivity contribution in [2.75, 3.05) is 0 Å². The van der Waals surface area contributed by atoms with E-state index < -0.39 is 5.97 Å². The first-order valence-electron chi connectivity index (χ1n) is 4.80. The fraction of sp³-hybridized carbons (Fsp3) is 0.500. The monoisotopic (exact) mass is 211 g/mol. The van der Waals surface area contributed by atoms with E-state index in [1.165, 1.54) is 12.1 Å². The van der Waals surface area contributed by atoms with Gasteiger partial charge in [0.15, 0.2) is 0 Å². The van der Waals surface area contributed by atoms with Crippen LogP contribution in [0.2, 0.25) is 0 Å². The van der Waals surface area contributed by atoms with Crippen LogP contribution in [0.4, 0.5) is 0 Å². The van der Waals surface area contributed by atoms with Gasteiger partial charge in [-0.25, -0.2) is 4.79 Å². The molecule has 4 heteroatoms. The molecule has 1 aliphatic heterocycles. The number of aliphatic carboxylic acids is 1. The van der Waals surface area contributed by atoms with Crippen molar-refractivity contribution >= 4 is 18.6 Å². The minimum absolute atomic E-state index is 0.356. The molecular formula is C10H13NO2S. The third-order valence-corrected chi connectivity index (χ3v) is 3.10. The van der Waals surface area contributed by atoms with Gasteiger partial charge in [-0.1, -0.05) is 0 Å². The number of dihydropyridines is 1. The molecule has 0 fully saturated rings. The van der Waals surface area contributed by atoms with Crippen molar-refractivity contribution in [1.29, 1.82) is 0 Å². The fourth-order valence-corrected chi connectivity index (χ4v) is 2.28. The molecule has 1 atom stereocenters. The summed E-state index contributed by atoms with van der Waals surface area (Å²) in [4.78, 5) is 10.9. The van der Waals surface area contributed by atoms with Gasteiger partial charge < -0.3 is 10.4 Å². The van der Waals surface area contributed by atoms with E-state index in [2.05, 4.69) is 17.9 Å². The van der Waals surface area contributed by atoms with Crippen molar-refractivity contribution < 1.29 is 9.90 Å². The quantitative estimate of drug-likeness (QED) is 0.578. The van der Waals surface area contributed by atoms with Gasteiger partial charge >= 0.3 is 5.97 Å². The summed E-state index contributed by atoms with van der Waals surface area (Å²) in [6, 6.07) is 0. The molecule has 0 saturated carbocycles. The number of hydrogen-bond acceptors (Lipinski definition) is 3. The van der Waals surface area contributed by atoms with Crippen LogP contribution < -0.4 is 5.32 Å². The van der Waals surface area contributed by atoms with Crippen LogP contribution in [0.25, 0.3) is 0 Å². The van der Waals surface area contributed by atoms with E-state index in [0.29, 0.717) is 5.57 Å². The molecular weight excluding hydrogens is 198 g/mol. The second-order valence-corrected chi connectivity index (χ2v) is 4.18. The number of rotatable bonds is 1. The Labute approximate surface area is 88.3 Å². The Morgan fingerprint density at radius 2 is 2.21 bits per heavy atom. The van der Waals surface area contributed by atoms with Crippen LogP contribution in [0.15, 0.2) is 22.9 Å². The first-order valence-corrected chi connectivity index (χ1v) is 5.31. The molecule has 0 aromatic carbocycles. The molecule has 0 bridgehead atoms. The third kappa shape index (κ3) is 1.66. The first kappa shape index (κ1) is 9.65. The lowest BCUT2D eigenvalue weighted by atomic mass is 9.92. The predicted molar refractivity (Wildman–Crippen MR) is 57.1 cm³/mol. The highest BCUT2D eigenvalue weighted by Crippen LogP contribution is 2.30. The van der Waals surface area contributed by atoms with Crippen LogP contribution >= 0.6 is 12.6 Å². The van der Waals surface area contributed by atoms with Crippen LogP contribution in [0.3, 0.4) is 0 Å². The molecule has 0 aromatic rings. The molecule has 1 aliphatic carbocycles. The highest BCUT2D eigenvalue weighted by molar-refractivity contribution is 7.81. The topological polar surface area (TPSA) is 49.3 Å². The minimum atomic E-state index is -0.880. The molecule has 14 heavy (non-hydrogen) atoms. The summed E-state index contributed by atoms with van der Waals surface area (Å²) in [5, 5.41) is 11.7. The average molecular weight is 211 g/mol. The molecule has 1 heterocycles. The zero-order chi connectivity index (χ0) is 10.1. The summed E-state index contributed by atoms with van der Waals surface area (Å²) >= 11 is 4.22. The van der Waals surface area contributed by atoms with Gasteiger partial charge in [0.2, 0.25) is 0 Å². The van der Waals surface area contributed by atoms with Crippen molar-refractivity contribution in [2.24, 2.45) is 0 Å². The highest BCUT2D eigenvalue weighted by Gasteiger charge is 2.25. The molecule has 0 aromatic heterocycles. The number of carbonyl (C=O) groups is 1. The summed E-state index contributed by atoms with van der Waals surface area (Å²) in [6.07, 6.45) is 6.13. The number of carboxylic acid groups (broad SMARTS) is 1. The number of allylic oxidation sites excluding steroid dienone is 3. The molecule has 0 unspecified atom stereocenters. The van der Waals surface area contributed by atoms with Crippen molar-refractivity contribution in [3.05, 3.63) is 22.9 Å². The van der Waals surface area contributed by atoms with Crippen molar-refractivity contribution in [2.45, 2.75) is 31.1 Å². The minimum Gasteiger partial charge on any atom is -0.478 e. The molecule has 76 valence electrons. The van der Waals surface area contributed by atoms with E-state index in [9.17, 15) is 4.79 Å². The summed E-state index contributed by atoms with van der Waals surface area (Å²) in [7, 11) is 0. The average Bonchev–Trinajstić information content (AvgIpc) is 2.16. The molecule has 0 spiro atoms. The summed E-state index contributed by atoms with van der Waals surface area (Å²) in [5.41, 5.74) is 2.69. The maximum atomic E-state index is 10.9. The number of thiol groups is 1. The van der Waals surface area contributed by atoms with Gasteiger partial charge in [0.1, 0.15) is 5.37 Å². The lowest BCUT2D eigenvalue weighted by Crippen LogP contribution is -2.33. The Morgan fingerprint density at radius 3 is 2.93 bits per heavy atom. The molecule has 3 nitrogen and oxygen atoms in total. The maximum Gasteiger partial charge on any atom is 0.334 e. The molecule has 0 radical (unpaired) electrons. The van der Waals surface area contributed by atoms with Crippen LogP contribution in [0.1, 0.15) is 25.7 Å². The number of nitrogens with one attached hydrogen (secondary N) is 1. The Morgan fingerprint density at radius 1 is 1.50 bits per heavy atom. The first-order chi connectivity index (χ1) is 6.68. The number of hydrogen-bond donors (Lipinski definition) is 3. The summed E-state index contributed by atoms with van der Waals surface area (Å²) in [6.45, 7) is 0. The van der Waals surface area contributed by atoms with Crippen LogP contribution in [0.5, 0.6) is 0 Å². The molecule has 2 rings (SSSR count). The van der Waals surface area contributed by atoms with Gasteiger partial charge in [-0.2, -0.15) is 0 Å². The van der Waals surface area contributed by atoms with E-state index >= 15 is 0 Å². The predicted octanol–water partition coefficient (Wildman–Crippen LogP) is 1.68. The number of carboxylic acids is 1. The van der Waals surface area contributed by atoms with Crippen LogP contribution in [-0.4, -0.2) is 16.4 Å². The van der Waals surface area contributed by atoms with Crippen molar-refractivity contribution in [1.82, 2.24) is 5.32 Å². The zero-order valence-corrected chi connectivity index (χ0v) is 8.68. The fourth-order valence-electron chi connectivity index (χ4n) is 1.94. The van der Waals surface area contributed by atoms with Gasteiger partial charge in [-0.15, -0.1) is 12.6 Å². The third-order valence-electron chi connectivity index (χ3n) is 2.69. The van der Waals surface area contributed by atoms with E-state index in [-0.39, 0.29) is 5.37 Å². The van der Waals surface area contributed by atoms with E-state index in [0.717, 1.165) is 24.8 Å². The smallest absolute Gasteiger partial charge is 0.334 e. The van der Waals surface area contributed by atoms with Crippen LogP contribution in [0, 0.1) is 0 Å². The summed E-state index contributed by atoms with van der Waals surface area (Å²) in [5.74, 6) is -0.880. The van der Waals surface area contributed by atoms with Crippen molar-refractivity contribution in [3.63, 3.8) is 0 Å². The Bertz CT molecular complexity index is 333. The second kappa shape index (κ2) is 3.69. The highest BCUT2D eigenvalue weighted by atomic mass is 32.1.